The van der Waals surface area contributed by atoms with E-state index in [0.717, 1.165) is 42.6 Å². The van der Waals surface area contributed by atoms with Crippen LogP contribution < -0.4 is 10.6 Å². The van der Waals surface area contributed by atoms with Crippen LogP contribution >= 0.6 is 0 Å². The van der Waals surface area contributed by atoms with Crippen molar-refractivity contribution in [3.63, 3.8) is 0 Å². The molecule has 0 saturated carbocycles. The molecule has 20 heavy (non-hydrogen) atoms. The largest absolute Gasteiger partial charge is 0.385 e. The molecular weight excluding hydrogens is 248 g/mol. The Morgan fingerprint density at radius 3 is 2.45 bits per heavy atom. The van der Waals surface area contributed by atoms with Crippen LogP contribution in [-0.4, -0.2) is 18.0 Å². The maximum absolute atomic E-state index is 12.3. The number of hydrogen-bond acceptors (Lipinski definition) is 2. The summed E-state index contributed by atoms with van der Waals surface area (Å²) in [6.45, 7) is 11.4. The first kappa shape index (κ1) is 16.5. The molecule has 3 heteroatoms. The number of carbonyl (C=O) groups is 1. The lowest BCUT2D eigenvalue weighted by atomic mass is 9.98. The number of benzene rings is 1. The van der Waals surface area contributed by atoms with Gasteiger partial charge in [-0.25, -0.2) is 0 Å². The standard InChI is InChI=1S/C17H28N2O/c1-6-10-17(4,5)19-16(20)14-8-9-15(13(3)12-14)18-11-7-2/h8-9,12,18H,6-7,10-11H2,1-5H3,(H,19,20). The number of rotatable bonds is 7. The molecule has 3 nitrogen and oxygen atoms in total. The first-order valence-electron chi connectivity index (χ1n) is 7.56. The molecule has 1 rings (SSSR count). The number of anilines is 1. The zero-order valence-electron chi connectivity index (χ0n) is 13.5. The summed E-state index contributed by atoms with van der Waals surface area (Å²) in [7, 11) is 0. The Kier molecular flexibility index (Phi) is 6.05. The molecule has 112 valence electrons. The maximum atomic E-state index is 12.3. The van der Waals surface area contributed by atoms with Crippen molar-refractivity contribution in [3.8, 4) is 0 Å². The molecule has 0 aliphatic carbocycles. The van der Waals surface area contributed by atoms with Crippen LogP contribution in [0.5, 0.6) is 0 Å². The van der Waals surface area contributed by atoms with E-state index in [1.54, 1.807) is 0 Å². The van der Waals surface area contributed by atoms with E-state index in [-0.39, 0.29) is 11.4 Å². The van der Waals surface area contributed by atoms with Gasteiger partial charge in [-0.05, 0) is 57.4 Å². The highest BCUT2D eigenvalue weighted by Crippen LogP contribution is 2.18. The third kappa shape index (κ3) is 4.87. The first-order chi connectivity index (χ1) is 9.39. The maximum Gasteiger partial charge on any atom is 0.251 e. The summed E-state index contributed by atoms with van der Waals surface area (Å²) in [6.07, 6.45) is 3.13. The van der Waals surface area contributed by atoms with Crippen molar-refractivity contribution in [2.45, 2.75) is 59.4 Å². The van der Waals surface area contributed by atoms with Gasteiger partial charge in [-0.2, -0.15) is 0 Å². The van der Waals surface area contributed by atoms with E-state index in [1.165, 1.54) is 0 Å². The van der Waals surface area contributed by atoms with Gasteiger partial charge in [0.15, 0.2) is 0 Å². The van der Waals surface area contributed by atoms with E-state index in [2.05, 4.69) is 38.3 Å². The van der Waals surface area contributed by atoms with Gasteiger partial charge in [-0.1, -0.05) is 20.3 Å². The van der Waals surface area contributed by atoms with Crippen molar-refractivity contribution >= 4 is 11.6 Å². The van der Waals surface area contributed by atoms with Crippen molar-refractivity contribution in [1.29, 1.82) is 0 Å². The van der Waals surface area contributed by atoms with Crippen molar-refractivity contribution in [1.82, 2.24) is 5.32 Å². The van der Waals surface area contributed by atoms with Crippen molar-refractivity contribution in [2.75, 3.05) is 11.9 Å². The Hall–Kier alpha value is -1.51. The van der Waals surface area contributed by atoms with E-state index in [4.69, 9.17) is 0 Å². The summed E-state index contributed by atoms with van der Waals surface area (Å²) in [5.74, 6) is 0.00796. The van der Waals surface area contributed by atoms with Gasteiger partial charge in [-0.3, -0.25) is 4.79 Å². The van der Waals surface area contributed by atoms with Crippen LogP contribution in [0, 0.1) is 6.92 Å². The SMILES string of the molecule is CCCNc1ccc(C(=O)NC(C)(C)CCC)cc1C. The summed E-state index contributed by atoms with van der Waals surface area (Å²) < 4.78 is 0. The smallest absolute Gasteiger partial charge is 0.251 e. The molecule has 0 fully saturated rings. The highest BCUT2D eigenvalue weighted by molar-refractivity contribution is 5.95. The molecule has 0 bridgehead atoms. The second-order valence-corrected chi connectivity index (χ2v) is 6.04. The van der Waals surface area contributed by atoms with Crippen LogP contribution in [-0.2, 0) is 0 Å². The fourth-order valence-electron chi connectivity index (χ4n) is 2.33. The Morgan fingerprint density at radius 1 is 1.20 bits per heavy atom. The fourth-order valence-corrected chi connectivity index (χ4v) is 2.33. The molecule has 1 aromatic rings. The summed E-state index contributed by atoms with van der Waals surface area (Å²) in [4.78, 5) is 12.3. The minimum atomic E-state index is -0.154. The van der Waals surface area contributed by atoms with Gasteiger partial charge in [0.25, 0.3) is 5.91 Å². The molecule has 0 unspecified atom stereocenters. The third-order valence-electron chi connectivity index (χ3n) is 3.38. The molecule has 0 aromatic heterocycles. The molecule has 0 atom stereocenters. The monoisotopic (exact) mass is 276 g/mol. The highest BCUT2D eigenvalue weighted by atomic mass is 16.1. The lowest BCUT2D eigenvalue weighted by molar-refractivity contribution is 0.0909. The van der Waals surface area contributed by atoms with Crippen LogP contribution in [0.2, 0.25) is 0 Å². The Balaban J connectivity index is 2.77. The van der Waals surface area contributed by atoms with Gasteiger partial charge in [0.2, 0.25) is 0 Å². The summed E-state index contributed by atoms with van der Waals surface area (Å²) in [5, 5.41) is 6.47. The highest BCUT2D eigenvalue weighted by Gasteiger charge is 2.20. The molecule has 1 amide bonds. The van der Waals surface area contributed by atoms with Crippen LogP contribution in [0.15, 0.2) is 18.2 Å². The van der Waals surface area contributed by atoms with Crippen LogP contribution in [0.4, 0.5) is 5.69 Å². The minimum Gasteiger partial charge on any atom is -0.385 e. The van der Waals surface area contributed by atoms with Gasteiger partial charge in [0.05, 0.1) is 0 Å². The lowest BCUT2D eigenvalue weighted by Crippen LogP contribution is -2.43. The van der Waals surface area contributed by atoms with E-state index >= 15 is 0 Å². The molecule has 2 N–H and O–H groups in total. The summed E-state index contributed by atoms with van der Waals surface area (Å²) in [6, 6.07) is 5.84. The topological polar surface area (TPSA) is 41.1 Å². The molecule has 1 aromatic carbocycles. The van der Waals surface area contributed by atoms with Crippen LogP contribution in [0.25, 0.3) is 0 Å². The summed E-state index contributed by atoms with van der Waals surface area (Å²) in [5.41, 5.74) is 2.79. The molecular formula is C17H28N2O. The third-order valence-corrected chi connectivity index (χ3v) is 3.38. The quantitative estimate of drug-likeness (QED) is 0.786. The molecule has 0 radical (unpaired) electrons. The van der Waals surface area contributed by atoms with E-state index < -0.39 is 0 Å². The average molecular weight is 276 g/mol. The predicted octanol–water partition coefficient (Wildman–Crippen LogP) is 4.13. The second-order valence-electron chi connectivity index (χ2n) is 6.04. The van der Waals surface area contributed by atoms with Crippen LogP contribution in [0.1, 0.15) is 62.9 Å². The first-order valence-corrected chi connectivity index (χ1v) is 7.56. The van der Waals surface area contributed by atoms with Gasteiger partial charge < -0.3 is 10.6 Å². The van der Waals surface area contributed by atoms with Crippen LogP contribution in [0.3, 0.4) is 0 Å². The van der Waals surface area contributed by atoms with E-state index in [0.29, 0.717) is 0 Å². The molecule has 0 heterocycles. The van der Waals surface area contributed by atoms with Gasteiger partial charge >= 0.3 is 0 Å². The van der Waals surface area contributed by atoms with Gasteiger partial charge in [0, 0.05) is 23.3 Å². The second kappa shape index (κ2) is 7.32. The Labute approximate surface area is 123 Å². The van der Waals surface area contributed by atoms with E-state index in [9.17, 15) is 4.79 Å². The summed E-state index contributed by atoms with van der Waals surface area (Å²) >= 11 is 0. The predicted molar refractivity (Wildman–Crippen MR) is 86.4 cm³/mol. The molecule has 0 spiro atoms. The fraction of sp³-hybridized carbons (Fsp3) is 0.588. The lowest BCUT2D eigenvalue weighted by Gasteiger charge is -2.26. The average Bonchev–Trinajstić information content (AvgIpc) is 2.36. The van der Waals surface area contributed by atoms with Crippen molar-refractivity contribution in [3.05, 3.63) is 29.3 Å². The normalized spacial score (nSPS) is 11.2. The number of amides is 1. The number of nitrogens with one attached hydrogen (secondary N) is 2. The number of hydrogen-bond donors (Lipinski definition) is 2. The molecule has 0 saturated heterocycles. The molecule has 0 aliphatic heterocycles. The van der Waals surface area contributed by atoms with Gasteiger partial charge in [0.1, 0.15) is 0 Å². The number of aryl methyl sites for hydroxylation is 1. The Bertz CT molecular complexity index is 452. The van der Waals surface area contributed by atoms with Crippen molar-refractivity contribution < 1.29 is 4.79 Å². The van der Waals surface area contributed by atoms with E-state index in [1.807, 2.05) is 25.1 Å². The van der Waals surface area contributed by atoms with Crippen molar-refractivity contribution in [2.24, 2.45) is 0 Å². The molecule has 0 aliphatic rings. The zero-order valence-corrected chi connectivity index (χ0v) is 13.5. The zero-order chi connectivity index (χ0) is 15.2. The Morgan fingerprint density at radius 2 is 1.90 bits per heavy atom. The number of carbonyl (C=O) groups excluding carboxylic acids is 1. The minimum absolute atomic E-state index is 0.00796. The van der Waals surface area contributed by atoms with Gasteiger partial charge in [-0.15, -0.1) is 0 Å².